The van der Waals surface area contributed by atoms with E-state index in [9.17, 15) is 5.11 Å². The van der Waals surface area contributed by atoms with E-state index in [1.54, 1.807) is 0 Å². The lowest BCUT2D eigenvalue weighted by Gasteiger charge is -2.27. The molecule has 0 heterocycles. The van der Waals surface area contributed by atoms with E-state index >= 15 is 0 Å². The molecule has 84 valence electrons. The molecule has 0 saturated carbocycles. The summed E-state index contributed by atoms with van der Waals surface area (Å²) in [5.41, 5.74) is 1.62. The summed E-state index contributed by atoms with van der Waals surface area (Å²) < 4.78 is 1.24. The van der Waals surface area contributed by atoms with Gasteiger partial charge in [-0.3, -0.25) is 0 Å². The average Bonchev–Trinajstić information content (AvgIpc) is 2.10. The van der Waals surface area contributed by atoms with Gasteiger partial charge in [-0.25, -0.2) is 0 Å². The molecule has 0 spiro atoms. The standard InChI is InChI=1S/C12H18INO/c1-8-5-6-10(7-11(8)13)14-9(2)12(3,4)15/h5-7,9,14-15H,1-4H3. The molecule has 1 aromatic carbocycles. The van der Waals surface area contributed by atoms with E-state index < -0.39 is 5.60 Å². The Balaban J connectivity index is 2.78. The number of hydrogen-bond donors (Lipinski definition) is 2. The zero-order chi connectivity index (χ0) is 11.6. The van der Waals surface area contributed by atoms with Crippen LogP contribution in [-0.2, 0) is 0 Å². The number of rotatable bonds is 3. The lowest BCUT2D eigenvalue weighted by Crippen LogP contribution is -2.39. The van der Waals surface area contributed by atoms with Gasteiger partial charge in [-0.15, -0.1) is 0 Å². The molecule has 1 unspecified atom stereocenters. The molecule has 1 atom stereocenters. The van der Waals surface area contributed by atoms with Gasteiger partial charge in [0, 0.05) is 9.26 Å². The second kappa shape index (κ2) is 4.70. The van der Waals surface area contributed by atoms with Crippen LogP contribution in [0.5, 0.6) is 0 Å². The molecular weight excluding hydrogens is 301 g/mol. The Kier molecular flexibility index (Phi) is 4.00. The smallest absolute Gasteiger partial charge is 0.0789 e. The van der Waals surface area contributed by atoms with Crippen molar-refractivity contribution in [2.45, 2.75) is 39.3 Å². The third-order valence-corrected chi connectivity index (χ3v) is 3.78. The van der Waals surface area contributed by atoms with Crippen molar-refractivity contribution in [1.82, 2.24) is 0 Å². The molecule has 0 aliphatic heterocycles. The molecule has 1 rings (SSSR count). The maximum atomic E-state index is 9.81. The average molecular weight is 319 g/mol. The summed E-state index contributed by atoms with van der Waals surface area (Å²) >= 11 is 2.32. The van der Waals surface area contributed by atoms with Crippen LogP contribution in [0.1, 0.15) is 26.3 Å². The predicted molar refractivity (Wildman–Crippen MR) is 73.3 cm³/mol. The van der Waals surface area contributed by atoms with E-state index in [4.69, 9.17) is 0 Å². The number of nitrogens with one attached hydrogen (secondary N) is 1. The predicted octanol–water partition coefficient (Wildman–Crippen LogP) is 3.17. The van der Waals surface area contributed by atoms with Crippen molar-refractivity contribution in [3.05, 3.63) is 27.3 Å². The van der Waals surface area contributed by atoms with Crippen LogP contribution in [0.15, 0.2) is 18.2 Å². The highest BCUT2D eigenvalue weighted by molar-refractivity contribution is 14.1. The molecule has 0 bridgehead atoms. The monoisotopic (exact) mass is 319 g/mol. The second-order valence-electron chi connectivity index (χ2n) is 4.48. The molecule has 0 aromatic heterocycles. The van der Waals surface area contributed by atoms with Crippen LogP contribution in [0.3, 0.4) is 0 Å². The van der Waals surface area contributed by atoms with Crippen molar-refractivity contribution in [3.63, 3.8) is 0 Å². The summed E-state index contributed by atoms with van der Waals surface area (Å²) in [5.74, 6) is 0. The first kappa shape index (κ1) is 12.8. The second-order valence-corrected chi connectivity index (χ2v) is 5.65. The summed E-state index contributed by atoms with van der Waals surface area (Å²) in [6.45, 7) is 7.69. The molecule has 15 heavy (non-hydrogen) atoms. The molecule has 1 aromatic rings. The Hall–Kier alpha value is -0.290. The molecule has 2 nitrogen and oxygen atoms in total. The van der Waals surface area contributed by atoms with E-state index in [0.717, 1.165) is 5.69 Å². The fourth-order valence-electron chi connectivity index (χ4n) is 1.11. The molecule has 0 aliphatic rings. The van der Waals surface area contributed by atoms with E-state index in [2.05, 4.69) is 47.0 Å². The third-order valence-electron chi connectivity index (χ3n) is 2.61. The van der Waals surface area contributed by atoms with Crippen molar-refractivity contribution in [2.75, 3.05) is 5.32 Å². The number of aliphatic hydroxyl groups is 1. The van der Waals surface area contributed by atoms with Crippen molar-refractivity contribution in [1.29, 1.82) is 0 Å². The number of halogens is 1. The van der Waals surface area contributed by atoms with Gasteiger partial charge in [0.1, 0.15) is 0 Å². The van der Waals surface area contributed by atoms with Gasteiger partial charge >= 0.3 is 0 Å². The minimum absolute atomic E-state index is 0.0241. The number of benzene rings is 1. The highest BCUT2D eigenvalue weighted by atomic mass is 127. The van der Waals surface area contributed by atoms with Crippen molar-refractivity contribution in [3.8, 4) is 0 Å². The molecule has 0 saturated heterocycles. The third kappa shape index (κ3) is 3.65. The Morgan fingerprint density at radius 1 is 1.40 bits per heavy atom. The quantitative estimate of drug-likeness (QED) is 0.839. The van der Waals surface area contributed by atoms with Gasteiger partial charge in [0.15, 0.2) is 0 Å². The Morgan fingerprint density at radius 3 is 2.47 bits per heavy atom. The van der Waals surface area contributed by atoms with Crippen LogP contribution in [-0.4, -0.2) is 16.7 Å². The topological polar surface area (TPSA) is 32.3 Å². The van der Waals surface area contributed by atoms with E-state index in [0.29, 0.717) is 0 Å². The fraction of sp³-hybridized carbons (Fsp3) is 0.500. The first-order valence-corrected chi connectivity index (χ1v) is 6.13. The minimum atomic E-state index is -0.712. The molecule has 0 fully saturated rings. The summed E-state index contributed by atoms with van der Waals surface area (Å²) in [6, 6.07) is 6.25. The summed E-state index contributed by atoms with van der Waals surface area (Å²) in [4.78, 5) is 0. The summed E-state index contributed by atoms with van der Waals surface area (Å²) in [7, 11) is 0. The van der Waals surface area contributed by atoms with Crippen LogP contribution in [0.2, 0.25) is 0 Å². The van der Waals surface area contributed by atoms with E-state index in [1.807, 2.05) is 26.8 Å². The first-order chi connectivity index (χ1) is 6.80. The zero-order valence-electron chi connectivity index (χ0n) is 9.63. The van der Waals surface area contributed by atoms with Crippen LogP contribution in [0.25, 0.3) is 0 Å². The van der Waals surface area contributed by atoms with Crippen LogP contribution in [0.4, 0.5) is 5.69 Å². The molecule has 0 aliphatic carbocycles. The summed E-state index contributed by atoms with van der Waals surface area (Å²) in [5, 5.41) is 13.1. The van der Waals surface area contributed by atoms with Gasteiger partial charge in [-0.2, -0.15) is 0 Å². The molecule has 3 heteroatoms. The van der Waals surface area contributed by atoms with Gasteiger partial charge in [0.2, 0.25) is 0 Å². The number of hydrogen-bond acceptors (Lipinski definition) is 2. The SMILES string of the molecule is Cc1ccc(NC(C)C(C)(C)O)cc1I. The lowest BCUT2D eigenvalue weighted by atomic mass is 10.0. The minimum Gasteiger partial charge on any atom is -0.388 e. The Bertz CT molecular complexity index is 344. The van der Waals surface area contributed by atoms with Gasteiger partial charge in [0.05, 0.1) is 11.6 Å². The van der Waals surface area contributed by atoms with Crippen molar-refractivity contribution in [2.24, 2.45) is 0 Å². The van der Waals surface area contributed by atoms with Crippen LogP contribution >= 0.6 is 22.6 Å². The first-order valence-electron chi connectivity index (χ1n) is 5.06. The normalized spacial score (nSPS) is 13.7. The molecule has 0 radical (unpaired) electrons. The Labute approximate surface area is 105 Å². The largest absolute Gasteiger partial charge is 0.388 e. The summed E-state index contributed by atoms with van der Waals surface area (Å²) in [6.07, 6.45) is 0. The van der Waals surface area contributed by atoms with Crippen molar-refractivity contribution >= 4 is 28.3 Å². The van der Waals surface area contributed by atoms with Gasteiger partial charge in [-0.05, 0) is 68.0 Å². The van der Waals surface area contributed by atoms with Gasteiger partial charge in [-0.1, -0.05) is 6.07 Å². The highest BCUT2D eigenvalue weighted by Gasteiger charge is 2.21. The zero-order valence-corrected chi connectivity index (χ0v) is 11.8. The number of aryl methyl sites for hydroxylation is 1. The van der Waals surface area contributed by atoms with Gasteiger partial charge in [0.25, 0.3) is 0 Å². The highest BCUT2D eigenvalue weighted by Crippen LogP contribution is 2.20. The number of anilines is 1. The maximum absolute atomic E-state index is 9.81. The fourth-order valence-corrected chi connectivity index (χ4v) is 1.62. The molecule has 0 amide bonds. The molecular formula is C12H18INO. The van der Waals surface area contributed by atoms with E-state index in [-0.39, 0.29) is 6.04 Å². The maximum Gasteiger partial charge on any atom is 0.0789 e. The lowest BCUT2D eigenvalue weighted by molar-refractivity contribution is 0.0649. The molecule has 2 N–H and O–H groups in total. The van der Waals surface area contributed by atoms with Crippen LogP contribution < -0.4 is 5.32 Å². The van der Waals surface area contributed by atoms with Crippen LogP contribution in [0, 0.1) is 10.5 Å². The van der Waals surface area contributed by atoms with Gasteiger partial charge < -0.3 is 10.4 Å². The van der Waals surface area contributed by atoms with Crippen molar-refractivity contribution < 1.29 is 5.11 Å². The Morgan fingerprint density at radius 2 is 2.00 bits per heavy atom. The van der Waals surface area contributed by atoms with E-state index in [1.165, 1.54) is 9.13 Å².